The van der Waals surface area contributed by atoms with Gasteiger partial charge in [-0.3, -0.25) is 9.78 Å². The minimum absolute atomic E-state index is 0.0689. The first-order valence-corrected chi connectivity index (χ1v) is 9.36. The molecule has 160 valence electrons. The number of carbonyl (C=O) groups excluding carboxylic acids is 2. The van der Waals surface area contributed by atoms with Crippen LogP contribution in [-0.2, 0) is 0 Å². The number of fused-ring (bicyclic) bond motifs is 1. The summed E-state index contributed by atoms with van der Waals surface area (Å²) in [6.45, 7) is 0. The maximum absolute atomic E-state index is 14.6. The Morgan fingerprint density at radius 1 is 1.10 bits per heavy atom. The molecule has 1 heterocycles. The second-order valence-electron chi connectivity index (χ2n) is 6.98. The molecule has 1 aliphatic carbocycles. The number of nitrogens with two attached hydrogens (primary N) is 1. The number of nitrogens with one attached hydrogen (secondary N) is 2. The number of benzene rings is 2. The number of nitrogens with zero attached hydrogens (tertiary/aromatic N) is 1. The first kappa shape index (κ1) is 20.3. The van der Waals surface area contributed by atoms with Crippen LogP contribution in [0.4, 0.5) is 19.3 Å². The molecule has 10 heteroatoms. The van der Waals surface area contributed by atoms with Crippen LogP contribution >= 0.6 is 0 Å². The van der Waals surface area contributed by atoms with Crippen molar-refractivity contribution in [2.24, 2.45) is 5.73 Å². The number of pyridine rings is 1. The Bertz CT molecular complexity index is 1200. The highest BCUT2D eigenvalue weighted by Gasteiger charge is 2.24. The van der Waals surface area contributed by atoms with Crippen LogP contribution < -0.4 is 25.8 Å². The van der Waals surface area contributed by atoms with E-state index in [2.05, 4.69) is 15.6 Å². The SMILES string of the molecule is COc1cc2nccc(Oc3cc(F)c(NC(=O)NC4CC4)cc3F)c2cc1C(N)=O. The fourth-order valence-corrected chi connectivity index (χ4v) is 2.99. The first-order chi connectivity index (χ1) is 14.9. The quantitative estimate of drug-likeness (QED) is 0.554. The van der Waals surface area contributed by atoms with Crippen LogP contribution in [0.15, 0.2) is 36.5 Å². The van der Waals surface area contributed by atoms with E-state index in [1.807, 2.05) is 0 Å². The van der Waals surface area contributed by atoms with Gasteiger partial charge in [-0.1, -0.05) is 0 Å². The summed E-state index contributed by atoms with van der Waals surface area (Å²) in [6, 6.07) is 5.45. The fourth-order valence-electron chi connectivity index (χ4n) is 2.99. The van der Waals surface area contributed by atoms with E-state index in [-0.39, 0.29) is 28.8 Å². The van der Waals surface area contributed by atoms with Gasteiger partial charge in [-0.25, -0.2) is 13.6 Å². The molecule has 0 saturated heterocycles. The third-order valence-corrected chi connectivity index (χ3v) is 4.69. The summed E-state index contributed by atoms with van der Waals surface area (Å²) in [6.07, 6.45) is 3.13. The number of urea groups is 1. The molecule has 3 amide bonds. The Kier molecular flexibility index (Phi) is 5.28. The lowest BCUT2D eigenvalue weighted by Crippen LogP contribution is -2.30. The summed E-state index contributed by atoms with van der Waals surface area (Å²) in [5.41, 5.74) is 5.55. The van der Waals surface area contributed by atoms with Gasteiger partial charge in [0.05, 0.1) is 23.9 Å². The maximum Gasteiger partial charge on any atom is 0.319 e. The molecule has 4 N–H and O–H groups in total. The number of hydrogen-bond acceptors (Lipinski definition) is 5. The number of halogens is 2. The molecule has 2 aromatic carbocycles. The summed E-state index contributed by atoms with van der Waals surface area (Å²) in [7, 11) is 1.38. The lowest BCUT2D eigenvalue weighted by Gasteiger charge is -2.13. The van der Waals surface area contributed by atoms with Crippen LogP contribution in [0.1, 0.15) is 23.2 Å². The zero-order chi connectivity index (χ0) is 22.1. The van der Waals surface area contributed by atoms with Crippen molar-refractivity contribution in [3.05, 3.63) is 53.7 Å². The molecule has 8 nitrogen and oxygen atoms in total. The Morgan fingerprint density at radius 2 is 1.87 bits per heavy atom. The molecule has 4 rings (SSSR count). The fraction of sp³-hybridized carbons (Fsp3) is 0.190. The zero-order valence-electron chi connectivity index (χ0n) is 16.4. The Balaban J connectivity index is 1.65. The van der Waals surface area contributed by atoms with E-state index in [9.17, 15) is 18.4 Å². The van der Waals surface area contributed by atoms with Crippen LogP contribution in [-0.4, -0.2) is 30.1 Å². The van der Waals surface area contributed by atoms with Gasteiger partial charge < -0.3 is 25.8 Å². The van der Waals surface area contributed by atoms with Crippen molar-refractivity contribution in [1.29, 1.82) is 0 Å². The highest BCUT2D eigenvalue weighted by molar-refractivity contribution is 6.01. The molecule has 0 unspecified atom stereocenters. The van der Waals surface area contributed by atoms with Crippen molar-refractivity contribution >= 4 is 28.5 Å². The van der Waals surface area contributed by atoms with Gasteiger partial charge in [0.15, 0.2) is 17.4 Å². The molecule has 1 saturated carbocycles. The molecule has 0 radical (unpaired) electrons. The zero-order valence-corrected chi connectivity index (χ0v) is 16.4. The smallest absolute Gasteiger partial charge is 0.319 e. The maximum atomic E-state index is 14.6. The van der Waals surface area contributed by atoms with Gasteiger partial charge in [-0.05, 0) is 25.0 Å². The molecule has 31 heavy (non-hydrogen) atoms. The molecule has 3 aromatic rings. The van der Waals surface area contributed by atoms with Crippen molar-refractivity contribution in [3.8, 4) is 17.2 Å². The van der Waals surface area contributed by atoms with Crippen LogP contribution in [0, 0.1) is 11.6 Å². The number of aromatic nitrogens is 1. The number of hydrogen-bond donors (Lipinski definition) is 3. The average molecular weight is 428 g/mol. The number of anilines is 1. The van der Waals surface area contributed by atoms with E-state index >= 15 is 0 Å². The number of amides is 3. The minimum Gasteiger partial charge on any atom is -0.496 e. The minimum atomic E-state index is -0.892. The van der Waals surface area contributed by atoms with Gasteiger partial charge in [0.25, 0.3) is 5.91 Å². The molecule has 1 aromatic heterocycles. The second-order valence-corrected chi connectivity index (χ2v) is 6.98. The topological polar surface area (TPSA) is 116 Å². The lowest BCUT2D eigenvalue weighted by atomic mass is 10.1. The summed E-state index contributed by atoms with van der Waals surface area (Å²) < 4.78 is 39.8. The van der Waals surface area contributed by atoms with Gasteiger partial charge in [-0.15, -0.1) is 0 Å². The lowest BCUT2D eigenvalue weighted by molar-refractivity contribution is 0.0997. The number of rotatable bonds is 6. The van der Waals surface area contributed by atoms with Crippen molar-refractivity contribution in [1.82, 2.24) is 10.3 Å². The molecule has 0 atom stereocenters. The van der Waals surface area contributed by atoms with Crippen LogP contribution in [0.5, 0.6) is 17.2 Å². The van der Waals surface area contributed by atoms with E-state index in [0.717, 1.165) is 25.0 Å². The first-order valence-electron chi connectivity index (χ1n) is 9.36. The average Bonchev–Trinajstić information content (AvgIpc) is 3.54. The van der Waals surface area contributed by atoms with Gasteiger partial charge in [0.2, 0.25) is 0 Å². The van der Waals surface area contributed by atoms with Gasteiger partial charge >= 0.3 is 6.03 Å². The summed E-state index contributed by atoms with van der Waals surface area (Å²) in [5, 5.41) is 5.25. The van der Waals surface area contributed by atoms with Crippen molar-refractivity contribution in [2.75, 3.05) is 12.4 Å². The monoisotopic (exact) mass is 428 g/mol. The predicted molar refractivity (Wildman–Crippen MR) is 108 cm³/mol. The number of primary amides is 1. The van der Waals surface area contributed by atoms with Crippen LogP contribution in [0.25, 0.3) is 10.9 Å². The molecule has 0 bridgehead atoms. The molecular weight excluding hydrogens is 410 g/mol. The summed E-state index contributed by atoms with van der Waals surface area (Å²) >= 11 is 0. The predicted octanol–water partition coefficient (Wildman–Crippen LogP) is 3.70. The van der Waals surface area contributed by atoms with Crippen LogP contribution in [0.3, 0.4) is 0 Å². The molecule has 1 aliphatic rings. The van der Waals surface area contributed by atoms with Gasteiger partial charge in [-0.2, -0.15) is 0 Å². The second kappa shape index (κ2) is 8.05. The van der Waals surface area contributed by atoms with Crippen molar-refractivity contribution < 1.29 is 27.8 Å². The van der Waals surface area contributed by atoms with Gasteiger partial charge in [0, 0.05) is 35.8 Å². The Morgan fingerprint density at radius 3 is 2.55 bits per heavy atom. The molecule has 0 aliphatic heterocycles. The molecule has 1 fully saturated rings. The molecule has 0 spiro atoms. The Labute approximate surface area is 175 Å². The summed E-state index contributed by atoms with van der Waals surface area (Å²) in [4.78, 5) is 27.7. The number of ether oxygens (including phenoxy) is 2. The van der Waals surface area contributed by atoms with E-state index in [4.69, 9.17) is 15.2 Å². The highest BCUT2D eigenvalue weighted by Crippen LogP contribution is 2.35. The normalized spacial score (nSPS) is 13.0. The highest BCUT2D eigenvalue weighted by atomic mass is 19.1. The van der Waals surface area contributed by atoms with E-state index < -0.39 is 29.3 Å². The van der Waals surface area contributed by atoms with Crippen LogP contribution in [0.2, 0.25) is 0 Å². The molecular formula is C21H18F2N4O4. The van der Waals surface area contributed by atoms with E-state index in [1.54, 1.807) is 0 Å². The van der Waals surface area contributed by atoms with Gasteiger partial charge in [0.1, 0.15) is 11.5 Å². The van der Waals surface area contributed by atoms with Crippen molar-refractivity contribution in [3.63, 3.8) is 0 Å². The largest absolute Gasteiger partial charge is 0.496 e. The van der Waals surface area contributed by atoms with E-state index in [0.29, 0.717) is 10.9 Å². The standard InChI is InChI=1S/C21H18F2N4O4/c1-30-18-9-15-11(6-12(18)20(24)28)17(4-5-25-15)31-19-8-13(22)16(7-14(19)23)27-21(29)26-10-2-3-10/h4-10H,2-3H2,1H3,(H2,24,28)(H2,26,27,29). The third-order valence-electron chi connectivity index (χ3n) is 4.69. The summed E-state index contributed by atoms with van der Waals surface area (Å²) in [5.74, 6) is -2.56. The van der Waals surface area contributed by atoms with Crippen molar-refractivity contribution in [2.45, 2.75) is 18.9 Å². The number of methoxy groups -OCH3 is 1. The Hall–Kier alpha value is -3.95. The third kappa shape index (κ3) is 4.32. The van der Waals surface area contributed by atoms with E-state index in [1.165, 1.54) is 31.5 Å². The number of carbonyl (C=O) groups is 2.